The molecule has 0 fully saturated rings. The van der Waals surface area contributed by atoms with Crippen molar-refractivity contribution >= 4 is 33.4 Å². The summed E-state index contributed by atoms with van der Waals surface area (Å²) in [6.07, 6.45) is 0. The number of hydrogen-bond donors (Lipinski definition) is 2. The number of benzene rings is 1. The van der Waals surface area contributed by atoms with Gasteiger partial charge >= 0.3 is 0 Å². The van der Waals surface area contributed by atoms with Crippen LogP contribution in [0.5, 0.6) is 5.75 Å². The first-order valence-electron chi connectivity index (χ1n) is 5.31. The van der Waals surface area contributed by atoms with Gasteiger partial charge in [0.25, 0.3) is 5.91 Å². The molecule has 1 unspecified atom stereocenters. The fraction of sp³-hybridized carbons (Fsp3) is 0.417. The highest BCUT2D eigenvalue weighted by Gasteiger charge is 2.18. The van der Waals surface area contributed by atoms with Crippen LogP contribution in [0.2, 0.25) is 5.02 Å². The molecule has 0 saturated carbocycles. The molecule has 2 N–H and O–H groups in total. The van der Waals surface area contributed by atoms with Gasteiger partial charge in [0.1, 0.15) is 5.75 Å². The van der Waals surface area contributed by atoms with Gasteiger partial charge in [0.05, 0.1) is 5.56 Å². The first-order chi connectivity index (χ1) is 7.95. The molecule has 94 valence electrons. The summed E-state index contributed by atoms with van der Waals surface area (Å²) in [5.41, 5.74) is 0.198. The van der Waals surface area contributed by atoms with Gasteiger partial charge in [-0.1, -0.05) is 41.4 Å². The summed E-state index contributed by atoms with van der Waals surface area (Å²) in [5, 5.41) is 13.5. The molecule has 1 aromatic rings. The number of hydrogen-bond acceptors (Lipinski definition) is 2. The van der Waals surface area contributed by atoms with Crippen molar-refractivity contribution in [2.45, 2.75) is 19.9 Å². The zero-order valence-corrected chi connectivity index (χ0v) is 12.0. The van der Waals surface area contributed by atoms with E-state index in [4.69, 9.17) is 11.6 Å². The number of aromatic hydroxyl groups is 1. The summed E-state index contributed by atoms with van der Waals surface area (Å²) >= 11 is 9.14. The van der Waals surface area contributed by atoms with Crippen LogP contribution in [-0.2, 0) is 0 Å². The van der Waals surface area contributed by atoms with Gasteiger partial charge in [-0.15, -0.1) is 0 Å². The highest BCUT2D eigenvalue weighted by molar-refractivity contribution is 9.09. The van der Waals surface area contributed by atoms with Gasteiger partial charge in [0.15, 0.2) is 0 Å². The molecule has 5 heteroatoms. The van der Waals surface area contributed by atoms with Crippen LogP contribution in [0.15, 0.2) is 18.2 Å². The molecule has 0 heterocycles. The highest BCUT2D eigenvalue weighted by atomic mass is 79.9. The molecule has 0 spiro atoms. The van der Waals surface area contributed by atoms with E-state index in [1.54, 1.807) is 0 Å². The molecular weight excluding hydrogens is 305 g/mol. The van der Waals surface area contributed by atoms with E-state index in [1.807, 2.05) is 13.8 Å². The molecule has 1 rings (SSSR count). The summed E-state index contributed by atoms with van der Waals surface area (Å²) in [6.45, 7) is 4.04. The third-order valence-corrected chi connectivity index (χ3v) is 3.42. The minimum absolute atomic E-state index is 0.0147. The van der Waals surface area contributed by atoms with Gasteiger partial charge in [-0.3, -0.25) is 4.79 Å². The lowest BCUT2D eigenvalue weighted by Crippen LogP contribution is -2.39. The predicted octanol–water partition coefficient (Wildman–Crippen LogP) is 3.19. The molecule has 0 aromatic heterocycles. The number of amides is 1. The van der Waals surface area contributed by atoms with Crippen LogP contribution >= 0.6 is 27.5 Å². The molecule has 0 aliphatic rings. The van der Waals surface area contributed by atoms with Crippen LogP contribution in [0.1, 0.15) is 24.2 Å². The number of halogens is 2. The number of carbonyl (C=O) groups is 1. The normalized spacial score (nSPS) is 12.5. The first-order valence-corrected chi connectivity index (χ1v) is 6.81. The average molecular weight is 321 g/mol. The molecule has 1 atom stereocenters. The lowest BCUT2D eigenvalue weighted by molar-refractivity contribution is 0.0929. The lowest BCUT2D eigenvalue weighted by Gasteiger charge is -2.20. The fourth-order valence-electron chi connectivity index (χ4n) is 1.32. The minimum Gasteiger partial charge on any atom is -0.507 e. The standard InChI is InChI=1S/C12H15BrClNO2/c1-7(2)10(6-13)15-12(17)9-5-8(14)3-4-11(9)16/h3-5,7,10,16H,6H2,1-2H3,(H,15,17). The second kappa shape index (κ2) is 6.26. The van der Waals surface area contributed by atoms with Gasteiger partial charge in [-0.25, -0.2) is 0 Å². The van der Waals surface area contributed by atoms with E-state index in [-0.39, 0.29) is 23.3 Å². The third-order valence-electron chi connectivity index (χ3n) is 2.49. The highest BCUT2D eigenvalue weighted by Crippen LogP contribution is 2.21. The quantitative estimate of drug-likeness (QED) is 0.837. The van der Waals surface area contributed by atoms with Crippen LogP contribution in [0.3, 0.4) is 0 Å². The van der Waals surface area contributed by atoms with E-state index in [1.165, 1.54) is 18.2 Å². The monoisotopic (exact) mass is 319 g/mol. The van der Waals surface area contributed by atoms with Crippen molar-refractivity contribution in [1.82, 2.24) is 5.32 Å². The van der Waals surface area contributed by atoms with Crippen LogP contribution in [0, 0.1) is 5.92 Å². The van der Waals surface area contributed by atoms with Crippen molar-refractivity contribution in [2.75, 3.05) is 5.33 Å². The molecule has 0 radical (unpaired) electrons. The van der Waals surface area contributed by atoms with E-state index >= 15 is 0 Å². The zero-order valence-electron chi connectivity index (χ0n) is 9.71. The summed E-state index contributed by atoms with van der Waals surface area (Å²) in [6, 6.07) is 4.42. The number of rotatable bonds is 4. The Kier molecular flexibility index (Phi) is 5.28. The predicted molar refractivity (Wildman–Crippen MR) is 73.0 cm³/mol. The zero-order chi connectivity index (χ0) is 13.0. The Balaban J connectivity index is 2.86. The minimum atomic E-state index is -0.317. The van der Waals surface area contributed by atoms with E-state index in [2.05, 4.69) is 21.2 Å². The molecule has 0 aliphatic heterocycles. The van der Waals surface area contributed by atoms with Gasteiger partial charge in [0.2, 0.25) is 0 Å². The molecule has 1 aromatic carbocycles. The Morgan fingerprint density at radius 3 is 2.71 bits per heavy atom. The van der Waals surface area contributed by atoms with Crippen molar-refractivity contribution in [2.24, 2.45) is 5.92 Å². The Morgan fingerprint density at radius 2 is 2.18 bits per heavy atom. The van der Waals surface area contributed by atoms with Crippen LogP contribution in [0.25, 0.3) is 0 Å². The maximum Gasteiger partial charge on any atom is 0.255 e. The Morgan fingerprint density at radius 1 is 1.53 bits per heavy atom. The van der Waals surface area contributed by atoms with E-state index in [0.29, 0.717) is 16.3 Å². The van der Waals surface area contributed by atoms with Gasteiger partial charge < -0.3 is 10.4 Å². The molecule has 17 heavy (non-hydrogen) atoms. The molecular formula is C12H15BrClNO2. The van der Waals surface area contributed by atoms with Crippen molar-refractivity contribution < 1.29 is 9.90 Å². The lowest BCUT2D eigenvalue weighted by atomic mass is 10.1. The number of alkyl halides is 1. The Labute approximate surface area is 114 Å². The van der Waals surface area contributed by atoms with E-state index < -0.39 is 0 Å². The average Bonchev–Trinajstić information content (AvgIpc) is 2.28. The number of phenols is 1. The largest absolute Gasteiger partial charge is 0.507 e. The third kappa shape index (κ3) is 3.89. The Bertz CT molecular complexity index is 409. The maximum atomic E-state index is 11.9. The van der Waals surface area contributed by atoms with Crippen LogP contribution in [0.4, 0.5) is 0 Å². The Hall–Kier alpha value is -0.740. The molecule has 0 aliphatic carbocycles. The smallest absolute Gasteiger partial charge is 0.255 e. The second-order valence-corrected chi connectivity index (χ2v) is 5.22. The van der Waals surface area contributed by atoms with Crippen LogP contribution in [-0.4, -0.2) is 22.4 Å². The van der Waals surface area contributed by atoms with E-state index in [0.717, 1.165) is 0 Å². The molecule has 3 nitrogen and oxygen atoms in total. The number of carbonyl (C=O) groups excluding carboxylic acids is 1. The fourth-order valence-corrected chi connectivity index (χ4v) is 2.40. The van der Waals surface area contributed by atoms with Gasteiger partial charge in [-0.2, -0.15) is 0 Å². The number of nitrogens with one attached hydrogen (secondary N) is 1. The molecule has 1 amide bonds. The summed E-state index contributed by atoms with van der Waals surface area (Å²) in [5.74, 6) is -0.0771. The van der Waals surface area contributed by atoms with Gasteiger partial charge in [-0.05, 0) is 24.1 Å². The first kappa shape index (κ1) is 14.3. The van der Waals surface area contributed by atoms with Crippen LogP contribution < -0.4 is 5.32 Å². The molecule has 0 saturated heterocycles. The van der Waals surface area contributed by atoms with Crippen molar-refractivity contribution in [3.8, 4) is 5.75 Å². The van der Waals surface area contributed by atoms with Gasteiger partial charge in [0, 0.05) is 16.4 Å². The van der Waals surface area contributed by atoms with Crippen molar-refractivity contribution in [1.29, 1.82) is 0 Å². The summed E-state index contributed by atoms with van der Waals surface area (Å²) < 4.78 is 0. The summed E-state index contributed by atoms with van der Waals surface area (Å²) in [4.78, 5) is 11.9. The molecule has 0 bridgehead atoms. The maximum absolute atomic E-state index is 11.9. The van der Waals surface area contributed by atoms with Crippen molar-refractivity contribution in [3.05, 3.63) is 28.8 Å². The van der Waals surface area contributed by atoms with Crippen molar-refractivity contribution in [3.63, 3.8) is 0 Å². The number of phenolic OH excluding ortho intramolecular Hbond substituents is 1. The van der Waals surface area contributed by atoms with E-state index in [9.17, 15) is 9.90 Å². The topological polar surface area (TPSA) is 49.3 Å². The second-order valence-electron chi connectivity index (χ2n) is 4.14. The summed E-state index contributed by atoms with van der Waals surface area (Å²) in [7, 11) is 0. The SMILES string of the molecule is CC(C)C(CBr)NC(=O)c1cc(Cl)ccc1O.